The van der Waals surface area contributed by atoms with Crippen LogP contribution in [0.2, 0.25) is 0 Å². The molecule has 22 heavy (non-hydrogen) atoms. The molecule has 0 heterocycles. The van der Waals surface area contributed by atoms with E-state index in [-0.39, 0.29) is 54.0 Å². The van der Waals surface area contributed by atoms with Gasteiger partial charge in [0.05, 0.1) is 0 Å². The van der Waals surface area contributed by atoms with E-state index < -0.39 is 5.54 Å². The minimum Gasteiger partial charge on any atom is -0.349 e. The summed E-state index contributed by atoms with van der Waals surface area (Å²) in [5.41, 5.74) is -1.32. The molecule has 0 radical (unpaired) electrons. The first kappa shape index (κ1) is 21.3. The van der Waals surface area contributed by atoms with Crippen LogP contribution >= 0.6 is 0 Å². The molecule has 1 aliphatic rings. The van der Waals surface area contributed by atoms with Crippen LogP contribution in [0.1, 0.15) is 40.5 Å². The molecule has 0 aromatic carbocycles. The van der Waals surface area contributed by atoms with Gasteiger partial charge in [-0.2, -0.15) is 11.8 Å². The maximum absolute atomic E-state index is 12.9. The minimum absolute atomic E-state index is 0. The van der Waals surface area contributed by atoms with Crippen LogP contribution < -0.4 is 29.5 Å². The smallest absolute Gasteiger partial charge is 0.349 e. The van der Waals surface area contributed by atoms with Gasteiger partial charge in [0.2, 0.25) is 11.8 Å². The van der Waals surface area contributed by atoms with E-state index in [2.05, 4.69) is 31.1 Å². The van der Waals surface area contributed by atoms with Crippen LogP contribution in [0.15, 0.2) is 12.7 Å². The average Bonchev–Trinajstić information content (AvgIpc) is 2.52. The van der Waals surface area contributed by atoms with Crippen LogP contribution in [-0.2, 0) is 9.59 Å². The van der Waals surface area contributed by atoms with E-state index in [1.807, 2.05) is 20.8 Å². The minimum atomic E-state index is -0.952. The van der Waals surface area contributed by atoms with Crippen molar-refractivity contribution in [2.45, 2.75) is 51.6 Å². The molecule has 0 aliphatic heterocycles. The summed E-state index contributed by atoms with van der Waals surface area (Å²) in [5.74, 6) is -0.442. The zero-order valence-corrected chi connectivity index (χ0v) is 14.7. The largest absolute Gasteiger partial charge is 1.00 e. The number of carbonyl (C=O) groups is 2. The zero-order valence-electron chi connectivity index (χ0n) is 14.7. The molecule has 2 unspecified atom stereocenters. The van der Waals surface area contributed by atoms with Crippen molar-refractivity contribution < 1.29 is 28.4 Å². The first-order chi connectivity index (χ1) is 9.53. The standard InChI is InChI=1S/C17H28N2O2.Li/c1-8-9-14-12(3)11(2)10-17(14,18-13(4)20)15(21)19-16(5,6)7;/h8,11-12,14H,1-3,9-10H2,4-7H3,(H,18,20)(H,19,21);/q-2;+1/t11-,12-,14?,17?;/m1./s1. The number of hydrogen-bond acceptors (Lipinski definition) is 2. The van der Waals surface area contributed by atoms with Crippen molar-refractivity contribution >= 4 is 11.8 Å². The Bertz CT molecular complexity index is 431. The number of carbonyl (C=O) groups excluding carboxylic acids is 2. The molecule has 2 N–H and O–H groups in total. The molecule has 0 bridgehead atoms. The number of rotatable bonds is 4. The topological polar surface area (TPSA) is 58.2 Å². The van der Waals surface area contributed by atoms with Gasteiger partial charge in [-0.05, 0) is 39.5 Å². The van der Waals surface area contributed by atoms with Crippen molar-refractivity contribution in [3.8, 4) is 0 Å². The summed E-state index contributed by atoms with van der Waals surface area (Å²) >= 11 is 0. The molecule has 4 atom stereocenters. The molecule has 0 aromatic heterocycles. The van der Waals surface area contributed by atoms with Gasteiger partial charge in [0.1, 0.15) is 5.54 Å². The maximum Gasteiger partial charge on any atom is 1.00 e. The third-order valence-corrected chi connectivity index (χ3v) is 4.05. The van der Waals surface area contributed by atoms with Gasteiger partial charge >= 0.3 is 18.9 Å². The Morgan fingerprint density at radius 3 is 2.32 bits per heavy atom. The molecule has 1 aliphatic carbocycles. The van der Waals surface area contributed by atoms with Gasteiger partial charge in [-0.1, -0.05) is 6.08 Å². The van der Waals surface area contributed by atoms with Gasteiger partial charge in [0.25, 0.3) is 0 Å². The quantitative estimate of drug-likeness (QED) is 0.409. The molecule has 0 spiro atoms. The third-order valence-electron chi connectivity index (χ3n) is 4.05. The summed E-state index contributed by atoms with van der Waals surface area (Å²) in [6, 6.07) is 0. The molecule has 1 saturated carbocycles. The van der Waals surface area contributed by atoms with Crippen molar-refractivity contribution in [2.75, 3.05) is 0 Å². The molecule has 1 fully saturated rings. The number of allylic oxidation sites excluding steroid dienone is 1. The summed E-state index contributed by atoms with van der Waals surface area (Å²) in [7, 11) is 0. The summed E-state index contributed by atoms with van der Waals surface area (Å²) < 4.78 is 0. The zero-order chi connectivity index (χ0) is 16.4. The van der Waals surface area contributed by atoms with Crippen molar-refractivity contribution in [1.29, 1.82) is 0 Å². The molecule has 0 aromatic rings. The number of nitrogens with one attached hydrogen (secondary N) is 2. The summed E-state index contributed by atoms with van der Waals surface area (Å²) in [6.45, 7) is 19.2. The van der Waals surface area contributed by atoms with Crippen LogP contribution in [0.5, 0.6) is 0 Å². The van der Waals surface area contributed by atoms with Gasteiger partial charge in [0.15, 0.2) is 0 Å². The fourth-order valence-electron chi connectivity index (χ4n) is 3.19. The second-order valence-electron chi connectivity index (χ2n) is 7.12. The Balaban J connectivity index is 0.00000441. The molecule has 2 amide bonds. The maximum atomic E-state index is 12.9. The first-order valence-electron chi connectivity index (χ1n) is 7.42. The van der Waals surface area contributed by atoms with Gasteiger partial charge in [0, 0.05) is 12.5 Å². The van der Waals surface area contributed by atoms with E-state index in [1.165, 1.54) is 6.92 Å². The van der Waals surface area contributed by atoms with Crippen LogP contribution in [0.4, 0.5) is 0 Å². The van der Waals surface area contributed by atoms with E-state index in [1.54, 1.807) is 6.08 Å². The van der Waals surface area contributed by atoms with Crippen molar-refractivity contribution in [3.05, 3.63) is 26.5 Å². The van der Waals surface area contributed by atoms with Gasteiger partial charge in [-0.15, -0.1) is 6.58 Å². The second-order valence-corrected chi connectivity index (χ2v) is 7.12. The molecule has 4 nitrogen and oxygen atoms in total. The molecular weight excluding hydrogens is 271 g/mol. The predicted octanol–water partition coefficient (Wildman–Crippen LogP) is -0.723. The molecule has 5 heteroatoms. The van der Waals surface area contributed by atoms with Gasteiger partial charge in [-0.3, -0.25) is 9.59 Å². The van der Waals surface area contributed by atoms with Crippen molar-refractivity contribution in [2.24, 2.45) is 17.8 Å². The Labute approximate surface area is 147 Å². The summed E-state index contributed by atoms with van der Waals surface area (Å²) in [6.07, 6.45) is 2.90. The molecular formula is C17H28LiN2O2-. The predicted molar refractivity (Wildman–Crippen MR) is 85.1 cm³/mol. The molecule has 1 rings (SSSR count). The Hall–Kier alpha value is -0.723. The van der Waals surface area contributed by atoms with Gasteiger partial charge < -0.3 is 24.5 Å². The monoisotopic (exact) mass is 299 g/mol. The number of hydrogen-bond donors (Lipinski definition) is 2. The van der Waals surface area contributed by atoms with Crippen LogP contribution in [0.25, 0.3) is 0 Å². The molecule has 120 valence electrons. The summed E-state index contributed by atoms with van der Waals surface area (Å²) in [5, 5.41) is 5.89. The Morgan fingerprint density at radius 1 is 1.36 bits per heavy atom. The SMILES string of the molecule is C=CCC1[C@H]([CH2-])[C@H]([CH2-])CC1(NC(C)=O)C(=O)NC(C)(C)C.[Li+]. The Morgan fingerprint density at radius 2 is 1.91 bits per heavy atom. The van der Waals surface area contributed by atoms with Crippen LogP contribution in [0.3, 0.4) is 0 Å². The number of amides is 2. The van der Waals surface area contributed by atoms with Crippen molar-refractivity contribution in [3.63, 3.8) is 0 Å². The van der Waals surface area contributed by atoms with E-state index >= 15 is 0 Å². The van der Waals surface area contributed by atoms with Crippen LogP contribution in [-0.4, -0.2) is 22.9 Å². The third kappa shape index (κ3) is 4.63. The summed E-state index contributed by atoms with van der Waals surface area (Å²) in [4.78, 5) is 24.6. The van der Waals surface area contributed by atoms with E-state index in [0.717, 1.165) is 0 Å². The van der Waals surface area contributed by atoms with Crippen LogP contribution in [0, 0.1) is 31.6 Å². The normalized spacial score (nSPS) is 31.1. The van der Waals surface area contributed by atoms with E-state index in [0.29, 0.717) is 12.8 Å². The fourth-order valence-corrected chi connectivity index (χ4v) is 3.19. The van der Waals surface area contributed by atoms with E-state index in [4.69, 9.17) is 0 Å². The first-order valence-corrected chi connectivity index (χ1v) is 7.42. The second kappa shape index (κ2) is 7.70. The average molecular weight is 299 g/mol. The molecule has 0 saturated heterocycles. The fraction of sp³-hybridized carbons (Fsp3) is 0.647. The van der Waals surface area contributed by atoms with Gasteiger partial charge in [-0.25, -0.2) is 0 Å². The van der Waals surface area contributed by atoms with Crippen molar-refractivity contribution in [1.82, 2.24) is 10.6 Å². The Kier molecular flexibility index (Phi) is 7.45. The van der Waals surface area contributed by atoms with E-state index in [9.17, 15) is 9.59 Å².